The van der Waals surface area contributed by atoms with Crippen molar-refractivity contribution in [1.29, 1.82) is 0 Å². The number of aromatic nitrogens is 2. The number of rotatable bonds is 6. The first-order chi connectivity index (χ1) is 10.8. The highest BCUT2D eigenvalue weighted by Gasteiger charge is 2.29. The molecule has 0 saturated heterocycles. The monoisotopic (exact) mass is 320 g/mol. The smallest absolute Gasteiger partial charge is 0.276 e. The van der Waals surface area contributed by atoms with Gasteiger partial charge in [-0.05, 0) is 25.3 Å². The lowest BCUT2D eigenvalue weighted by Gasteiger charge is -2.14. The van der Waals surface area contributed by atoms with Crippen molar-refractivity contribution < 1.29 is 13.9 Å². The Bertz CT molecular complexity index is 617. The van der Waals surface area contributed by atoms with Crippen molar-refractivity contribution in [2.75, 3.05) is 14.2 Å². The second-order valence-electron chi connectivity index (χ2n) is 5.31. The lowest BCUT2D eigenvalue weighted by molar-refractivity contribution is 0.113. The van der Waals surface area contributed by atoms with Crippen molar-refractivity contribution in [2.24, 2.45) is 0 Å². The molecular weight excluding hydrogens is 300 g/mol. The second-order valence-corrected chi connectivity index (χ2v) is 6.50. The number of ether oxygens (including phenoxy) is 2. The summed E-state index contributed by atoms with van der Waals surface area (Å²) in [5, 5.41) is 9.33. The summed E-state index contributed by atoms with van der Waals surface area (Å²) in [5.74, 6) is 1.45. The zero-order valence-corrected chi connectivity index (χ0v) is 13.6. The van der Waals surface area contributed by atoms with Gasteiger partial charge in [0.25, 0.3) is 5.22 Å². The van der Waals surface area contributed by atoms with Gasteiger partial charge in [-0.25, -0.2) is 0 Å². The molecule has 1 aromatic carbocycles. The Morgan fingerprint density at radius 2 is 2.09 bits per heavy atom. The fourth-order valence-corrected chi connectivity index (χ4v) is 3.97. The number of hydrogen-bond donors (Lipinski definition) is 0. The average molecular weight is 320 g/mol. The highest BCUT2D eigenvalue weighted by atomic mass is 32.2. The molecular formula is C16H20N2O3S. The number of thioether (sulfide) groups is 1. The molecule has 0 bridgehead atoms. The lowest BCUT2D eigenvalue weighted by atomic mass is 10.1. The van der Waals surface area contributed by atoms with E-state index in [2.05, 4.69) is 10.2 Å². The number of benzene rings is 1. The number of hydrogen-bond acceptors (Lipinski definition) is 6. The number of nitrogens with zero attached hydrogens (tertiary/aromatic N) is 2. The predicted molar refractivity (Wildman–Crippen MR) is 84.4 cm³/mol. The van der Waals surface area contributed by atoms with Crippen LogP contribution in [0.15, 0.2) is 33.9 Å². The fraction of sp³-hybridized carbons (Fsp3) is 0.500. The minimum absolute atomic E-state index is 0.287. The molecule has 2 aromatic rings. The van der Waals surface area contributed by atoms with Gasteiger partial charge in [-0.2, -0.15) is 0 Å². The largest absolute Gasteiger partial charge is 0.496 e. The van der Waals surface area contributed by atoms with Gasteiger partial charge in [0.1, 0.15) is 5.75 Å². The van der Waals surface area contributed by atoms with Crippen molar-refractivity contribution in [3.63, 3.8) is 0 Å². The van der Waals surface area contributed by atoms with E-state index in [1.54, 1.807) is 26.0 Å². The molecule has 1 aliphatic rings. The first-order valence-corrected chi connectivity index (χ1v) is 8.32. The van der Waals surface area contributed by atoms with Gasteiger partial charge >= 0.3 is 0 Å². The number of para-hydroxylation sites is 1. The van der Waals surface area contributed by atoms with Crippen molar-refractivity contribution in [1.82, 2.24) is 10.2 Å². The molecule has 118 valence electrons. The van der Waals surface area contributed by atoms with Crippen LogP contribution < -0.4 is 4.74 Å². The maximum Gasteiger partial charge on any atom is 0.276 e. The van der Waals surface area contributed by atoms with Gasteiger partial charge in [0.2, 0.25) is 5.89 Å². The summed E-state index contributed by atoms with van der Waals surface area (Å²) in [7, 11) is 3.43. The van der Waals surface area contributed by atoms with Gasteiger partial charge in [0.05, 0.1) is 19.6 Å². The molecule has 1 saturated carbocycles. The predicted octanol–water partition coefficient (Wildman–Crippen LogP) is 3.33. The number of methoxy groups -OCH3 is 2. The van der Waals surface area contributed by atoms with E-state index in [0.29, 0.717) is 22.8 Å². The molecule has 6 heteroatoms. The molecule has 0 amide bonds. The standard InChI is InChI=1S/C16H20N2O3S/c1-19-12-7-4-3-6-11(12)10-15-17-18-16(21-15)22-14-9-5-8-13(14)20-2/h3-4,6-7,13-14H,5,8-10H2,1-2H3/t13-,14-/m1/s1. The maximum atomic E-state index is 5.77. The summed E-state index contributed by atoms with van der Waals surface area (Å²) in [6.45, 7) is 0. The maximum absolute atomic E-state index is 5.77. The zero-order valence-electron chi connectivity index (χ0n) is 12.8. The Morgan fingerprint density at radius 3 is 2.91 bits per heavy atom. The first-order valence-electron chi connectivity index (χ1n) is 7.44. The molecule has 0 spiro atoms. The molecule has 1 aromatic heterocycles. The SMILES string of the molecule is COc1ccccc1Cc1nnc(S[C@@H]2CCC[C@H]2OC)o1. The summed E-state index contributed by atoms with van der Waals surface area (Å²) in [6.07, 6.45) is 4.30. The topological polar surface area (TPSA) is 57.4 Å². The van der Waals surface area contributed by atoms with Gasteiger partial charge in [0.15, 0.2) is 0 Å². The molecule has 5 nitrogen and oxygen atoms in total. The van der Waals surface area contributed by atoms with Crippen molar-refractivity contribution in [3.05, 3.63) is 35.7 Å². The van der Waals surface area contributed by atoms with E-state index in [9.17, 15) is 0 Å². The summed E-state index contributed by atoms with van der Waals surface area (Å²) < 4.78 is 16.6. The van der Waals surface area contributed by atoms with Crippen LogP contribution in [0, 0.1) is 0 Å². The van der Waals surface area contributed by atoms with Gasteiger partial charge < -0.3 is 13.9 Å². The summed E-state index contributed by atoms with van der Waals surface area (Å²) >= 11 is 1.63. The molecule has 22 heavy (non-hydrogen) atoms. The van der Waals surface area contributed by atoms with Crippen LogP contribution >= 0.6 is 11.8 Å². The molecule has 0 N–H and O–H groups in total. The molecule has 0 radical (unpaired) electrons. The molecule has 3 rings (SSSR count). The second kappa shape index (κ2) is 7.15. The van der Waals surface area contributed by atoms with Crippen LogP contribution in [-0.2, 0) is 11.2 Å². The molecule has 1 heterocycles. The van der Waals surface area contributed by atoms with Crippen molar-refractivity contribution in [3.8, 4) is 5.75 Å². The quantitative estimate of drug-likeness (QED) is 0.814. The van der Waals surface area contributed by atoms with Gasteiger partial charge in [-0.1, -0.05) is 30.0 Å². The first kappa shape index (κ1) is 15.4. The molecule has 0 aliphatic heterocycles. The highest BCUT2D eigenvalue weighted by molar-refractivity contribution is 7.99. The van der Waals surface area contributed by atoms with Gasteiger partial charge in [0, 0.05) is 17.9 Å². The van der Waals surface area contributed by atoms with Crippen molar-refractivity contribution >= 4 is 11.8 Å². The Hall–Kier alpha value is -1.53. The van der Waals surface area contributed by atoms with E-state index < -0.39 is 0 Å². The van der Waals surface area contributed by atoms with E-state index in [4.69, 9.17) is 13.9 Å². The lowest BCUT2D eigenvalue weighted by Crippen LogP contribution is -2.18. The van der Waals surface area contributed by atoms with E-state index in [0.717, 1.165) is 24.2 Å². The summed E-state index contributed by atoms with van der Waals surface area (Å²) in [6, 6.07) is 7.87. The van der Waals surface area contributed by atoms with Crippen LogP contribution in [0.5, 0.6) is 5.75 Å². The van der Waals surface area contributed by atoms with E-state index in [1.807, 2.05) is 24.3 Å². The van der Waals surface area contributed by atoms with Crippen LogP contribution in [0.3, 0.4) is 0 Å². The molecule has 1 fully saturated rings. The van der Waals surface area contributed by atoms with Crippen LogP contribution in [0.1, 0.15) is 30.7 Å². The fourth-order valence-electron chi connectivity index (χ4n) is 2.80. The minimum Gasteiger partial charge on any atom is -0.496 e. The Kier molecular flexibility index (Phi) is 5.00. The third kappa shape index (κ3) is 3.44. The van der Waals surface area contributed by atoms with Crippen molar-refractivity contribution in [2.45, 2.75) is 42.3 Å². The summed E-state index contributed by atoms with van der Waals surface area (Å²) in [5.41, 5.74) is 1.04. The van der Waals surface area contributed by atoms with Crippen LogP contribution in [0.2, 0.25) is 0 Å². The third-order valence-corrected chi connectivity index (χ3v) is 5.14. The van der Waals surface area contributed by atoms with Crippen LogP contribution in [-0.4, -0.2) is 35.8 Å². The highest BCUT2D eigenvalue weighted by Crippen LogP contribution is 2.36. The normalized spacial score (nSPS) is 21.2. The summed E-state index contributed by atoms with van der Waals surface area (Å²) in [4.78, 5) is 0. The van der Waals surface area contributed by atoms with Gasteiger partial charge in [-0.15, -0.1) is 10.2 Å². The third-order valence-electron chi connectivity index (χ3n) is 3.93. The van der Waals surface area contributed by atoms with Crippen LogP contribution in [0.25, 0.3) is 0 Å². The van der Waals surface area contributed by atoms with Gasteiger partial charge in [-0.3, -0.25) is 0 Å². The van der Waals surface area contributed by atoms with E-state index in [1.165, 1.54) is 6.42 Å². The Morgan fingerprint density at radius 1 is 1.23 bits per heavy atom. The van der Waals surface area contributed by atoms with Crippen LogP contribution in [0.4, 0.5) is 0 Å². The Balaban J connectivity index is 1.66. The molecule has 2 atom stereocenters. The van der Waals surface area contributed by atoms with E-state index in [-0.39, 0.29) is 6.10 Å². The zero-order chi connectivity index (χ0) is 15.4. The van der Waals surface area contributed by atoms with E-state index >= 15 is 0 Å². The Labute approximate surface area is 134 Å². The molecule has 1 aliphatic carbocycles. The average Bonchev–Trinajstić information content (AvgIpc) is 3.17. The minimum atomic E-state index is 0.287. The molecule has 0 unspecified atom stereocenters.